The van der Waals surface area contributed by atoms with Crippen LogP contribution in [0.15, 0.2) is 0 Å². The van der Waals surface area contributed by atoms with Crippen molar-refractivity contribution >= 4 is 23.2 Å². The Kier molecular flexibility index (Phi) is 5.48. The van der Waals surface area contributed by atoms with Crippen LogP contribution in [0.3, 0.4) is 0 Å². The Hall–Kier alpha value is -0.880. The standard InChI is InChI=1S/C10H19N3O2S/c1-12-5-3-6-13(8-9(12)14)10(16)11-4-7-15-2/h3-8H2,1-2H3,(H,11,16). The lowest BCUT2D eigenvalue weighted by atomic mass is 10.4. The summed E-state index contributed by atoms with van der Waals surface area (Å²) in [7, 11) is 3.47. The van der Waals surface area contributed by atoms with Crippen molar-refractivity contribution < 1.29 is 9.53 Å². The summed E-state index contributed by atoms with van der Waals surface area (Å²) in [5.74, 6) is 0.119. The fourth-order valence-electron chi connectivity index (χ4n) is 1.53. The molecule has 1 heterocycles. The van der Waals surface area contributed by atoms with Crippen LogP contribution in [-0.4, -0.2) is 67.8 Å². The summed E-state index contributed by atoms with van der Waals surface area (Å²) < 4.78 is 4.93. The number of nitrogens with zero attached hydrogens (tertiary/aromatic N) is 2. The van der Waals surface area contributed by atoms with Crippen molar-refractivity contribution in [3.63, 3.8) is 0 Å². The van der Waals surface area contributed by atoms with E-state index in [9.17, 15) is 4.79 Å². The van der Waals surface area contributed by atoms with Crippen LogP contribution in [0.25, 0.3) is 0 Å². The van der Waals surface area contributed by atoms with Crippen molar-refractivity contribution in [3.05, 3.63) is 0 Å². The van der Waals surface area contributed by atoms with E-state index in [4.69, 9.17) is 17.0 Å². The minimum atomic E-state index is 0.119. The van der Waals surface area contributed by atoms with Gasteiger partial charge in [-0.1, -0.05) is 0 Å². The molecular weight excluding hydrogens is 226 g/mol. The third kappa shape index (κ3) is 3.94. The molecule has 92 valence electrons. The molecular formula is C10H19N3O2S. The highest BCUT2D eigenvalue weighted by molar-refractivity contribution is 7.80. The van der Waals surface area contributed by atoms with Crippen LogP contribution >= 0.6 is 12.2 Å². The zero-order valence-electron chi connectivity index (χ0n) is 9.86. The molecule has 0 aromatic rings. The zero-order chi connectivity index (χ0) is 12.0. The number of ether oxygens (including phenoxy) is 1. The number of rotatable bonds is 3. The Morgan fingerprint density at radius 3 is 3.00 bits per heavy atom. The van der Waals surface area contributed by atoms with Gasteiger partial charge in [0.05, 0.1) is 13.2 Å². The van der Waals surface area contributed by atoms with E-state index in [1.54, 1.807) is 12.0 Å². The average Bonchev–Trinajstić information content (AvgIpc) is 2.42. The van der Waals surface area contributed by atoms with Crippen LogP contribution in [0.5, 0.6) is 0 Å². The van der Waals surface area contributed by atoms with Gasteiger partial charge in [-0.2, -0.15) is 0 Å². The number of hydrogen-bond acceptors (Lipinski definition) is 3. The van der Waals surface area contributed by atoms with Crippen LogP contribution in [0, 0.1) is 0 Å². The first kappa shape index (κ1) is 13.2. The molecule has 0 unspecified atom stereocenters. The quantitative estimate of drug-likeness (QED) is 0.545. The SMILES string of the molecule is COCCNC(=S)N1CCCN(C)C(=O)C1. The second-order valence-electron chi connectivity index (χ2n) is 3.82. The van der Waals surface area contributed by atoms with Crippen molar-refractivity contribution in [2.24, 2.45) is 0 Å². The van der Waals surface area contributed by atoms with E-state index in [0.717, 1.165) is 19.5 Å². The second kappa shape index (κ2) is 6.65. The maximum absolute atomic E-state index is 11.6. The highest BCUT2D eigenvalue weighted by Gasteiger charge is 2.20. The highest BCUT2D eigenvalue weighted by Crippen LogP contribution is 2.02. The maximum Gasteiger partial charge on any atom is 0.241 e. The van der Waals surface area contributed by atoms with E-state index in [1.807, 2.05) is 11.9 Å². The third-order valence-corrected chi connectivity index (χ3v) is 2.95. The van der Waals surface area contributed by atoms with Gasteiger partial charge in [0, 0.05) is 33.8 Å². The van der Waals surface area contributed by atoms with Crippen molar-refractivity contribution in [2.45, 2.75) is 6.42 Å². The Morgan fingerprint density at radius 1 is 1.56 bits per heavy atom. The molecule has 0 aliphatic carbocycles. The molecule has 1 rings (SSSR count). The molecule has 0 spiro atoms. The molecule has 0 atom stereocenters. The number of likely N-dealkylation sites (N-methyl/N-ethyl adjacent to an activating group) is 1. The van der Waals surface area contributed by atoms with Gasteiger partial charge in [-0.25, -0.2) is 0 Å². The lowest BCUT2D eigenvalue weighted by molar-refractivity contribution is -0.129. The molecule has 1 amide bonds. The highest BCUT2D eigenvalue weighted by atomic mass is 32.1. The van der Waals surface area contributed by atoms with Gasteiger partial charge >= 0.3 is 0 Å². The van der Waals surface area contributed by atoms with Crippen LogP contribution in [0.2, 0.25) is 0 Å². The molecule has 1 saturated heterocycles. The number of carbonyl (C=O) groups is 1. The largest absolute Gasteiger partial charge is 0.383 e. The summed E-state index contributed by atoms with van der Waals surface area (Å²) in [5, 5.41) is 3.72. The minimum Gasteiger partial charge on any atom is -0.383 e. The number of carbonyl (C=O) groups excluding carboxylic acids is 1. The van der Waals surface area contributed by atoms with Gasteiger partial charge in [0.1, 0.15) is 0 Å². The molecule has 1 fully saturated rings. The smallest absolute Gasteiger partial charge is 0.241 e. The van der Waals surface area contributed by atoms with E-state index in [-0.39, 0.29) is 5.91 Å². The molecule has 0 saturated carbocycles. The second-order valence-corrected chi connectivity index (χ2v) is 4.20. The number of hydrogen-bond donors (Lipinski definition) is 1. The Balaban J connectivity index is 2.40. The molecule has 0 bridgehead atoms. The van der Waals surface area contributed by atoms with E-state index < -0.39 is 0 Å². The third-order valence-electron chi connectivity index (χ3n) is 2.54. The van der Waals surface area contributed by atoms with Crippen LogP contribution in [0.4, 0.5) is 0 Å². The Bertz CT molecular complexity index is 260. The monoisotopic (exact) mass is 245 g/mol. The minimum absolute atomic E-state index is 0.119. The van der Waals surface area contributed by atoms with Crippen molar-refractivity contribution in [3.8, 4) is 0 Å². The lowest BCUT2D eigenvalue weighted by Gasteiger charge is -2.23. The van der Waals surface area contributed by atoms with Crippen molar-refractivity contribution in [1.82, 2.24) is 15.1 Å². The Labute approximate surface area is 102 Å². The van der Waals surface area contributed by atoms with Gasteiger partial charge in [-0.15, -0.1) is 0 Å². The topological polar surface area (TPSA) is 44.8 Å². The molecule has 0 aromatic carbocycles. The number of nitrogens with one attached hydrogen (secondary N) is 1. The molecule has 1 aliphatic heterocycles. The summed E-state index contributed by atoms with van der Waals surface area (Å²) in [6, 6.07) is 0. The molecule has 5 nitrogen and oxygen atoms in total. The molecule has 1 aliphatic rings. The van der Waals surface area contributed by atoms with Gasteiger partial charge in [0.2, 0.25) is 5.91 Å². The first-order valence-corrected chi connectivity index (χ1v) is 5.81. The predicted molar refractivity (Wildman–Crippen MR) is 66.3 cm³/mol. The lowest BCUT2D eigenvalue weighted by Crippen LogP contribution is -2.44. The van der Waals surface area contributed by atoms with Gasteiger partial charge in [-0.3, -0.25) is 4.79 Å². The van der Waals surface area contributed by atoms with E-state index in [1.165, 1.54) is 0 Å². The van der Waals surface area contributed by atoms with Gasteiger partial charge in [-0.05, 0) is 18.6 Å². The number of methoxy groups -OCH3 is 1. The van der Waals surface area contributed by atoms with Gasteiger partial charge < -0.3 is 19.9 Å². The van der Waals surface area contributed by atoms with Crippen molar-refractivity contribution in [1.29, 1.82) is 0 Å². The van der Waals surface area contributed by atoms with E-state index >= 15 is 0 Å². The summed E-state index contributed by atoms with van der Waals surface area (Å²) in [6.45, 7) is 3.29. The molecule has 0 radical (unpaired) electrons. The average molecular weight is 245 g/mol. The molecule has 1 N–H and O–H groups in total. The maximum atomic E-state index is 11.6. The van der Waals surface area contributed by atoms with Crippen LogP contribution < -0.4 is 5.32 Å². The molecule has 6 heteroatoms. The van der Waals surface area contributed by atoms with Gasteiger partial charge in [0.15, 0.2) is 5.11 Å². The van der Waals surface area contributed by atoms with Crippen LogP contribution in [0.1, 0.15) is 6.42 Å². The summed E-state index contributed by atoms with van der Waals surface area (Å²) >= 11 is 5.23. The summed E-state index contributed by atoms with van der Waals surface area (Å²) in [5.41, 5.74) is 0. The molecule has 0 aromatic heterocycles. The first-order chi connectivity index (χ1) is 7.65. The first-order valence-electron chi connectivity index (χ1n) is 5.41. The summed E-state index contributed by atoms with van der Waals surface area (Å²) in [6.07, 6.45) is 0.953. The van der Waals surface area contributed by atoms with Crippen molar-refractivity contribution in [2.75, 3.05) is 46.9 Å². The number of thiocarbonyl (C=S) groups is 1. The molecule has 16 heavy (non-hydrogen) atoms. The zero-order valence-corrected chi connectivity index (χ0v) is 10.7. The number of amides is 1. The Morgan fingerprint density at radius 2 is 2.31 bits per heavy atom. The fraction of sp³-hybridized carbons (Fsp3) is 0.800. The normalized spacial score (nSPS) is 17.2. The van der Waals surface area contributed by atoms with E-state index in [0.29, 0.717) is 24.8 Å². The summed E-state index contributed by atoms with van der Waals surface area (Å²) in [4.78, 5) is 15.3. The predicted octanol–water partition coefficient (Wildman–Crippen LogP) is -0.329. The van der Waals surface area contributed by atoms with Crippen LogP contribution in [-0.2, 0) is 9.53 Å². The van der Waals surface area contributed by atoms with E-state index in [2.05, 4.69) is 5.32 Å². The van der Waals surface area contributed by atoms with Gasteiger partial charge in [0.25, 0.3) is 0 Å². The fourth-order valence-corrected chi connectivity index (χ4v) is 1.79.